The first-order chi connectivity index (χ1) is 11.6. The van der Waals surface area contributed by atoms with E-state index in [1.165, 1.54) is 29.7 Å². The summed E-state index contributed by atoms with van der Waals surface area (Å²) in [7, 11) is 0. The molecule has 2 aromatic carbocycles. The highest BCUT2D eigenvalue weighted by atomic mass is 35.5. The normalized spacial score (nSPS) is 10.9. The van der Waals surface area contributed by atoms with Crippen LogP contribution in [0.15, 0.2) is 65.8 Å². The van der Waals surface area contributed by atoms with Gasteiger partial charge in [0.25, 0.3) is 5.91 Å². The Labute approximate surface area is 148 Å². The Morgan fingerprint density at radius 3 is 2.67 bits per heavy atom. The Hall–Kier alpha value is -2.63. The quantitative estimate of drug-likeness (QED) is 0.532. The van der Waals surface area contributed by atoms with Gasteiger partial charge in [-0.05, 0) is 29.8 Å². The second-order valence-corrected chi connectivity index (χ2v) is 6.61. The van der Waals surface area contributed by atoms with Crippen LogP contribution in [0.25, 0.3) is 10.4 Å². The molecule has 4 nitrogen and oxygen atoms in total. The standard InChI is InChI=1S/C18H13ClN2O2S/c19-17-14(10-16(24-17)12-5-2-1-3-6-12)11-20-21-18(23)13-7-4-8-15(22)9-13/h1-11,22H,(H,21,23). The van der Waals surface area contributed by atoms with E-state index in [2.05, 4.69) is 10.5 Å². The summed E-state index contributed by atoms with van der Waals surface area (Å²) in [6.45, 7) is 0. The summed E-state index contributed by atoms with van der Waals surface area (Å²) in [6, 6.07) is 17.9. The zero-order chi connectivity index (χ0) is 16.9. The van der Waals surface area contributed by atoms with Gasteiger partial charge in [-0.1, -0.05) is 48.0 Å². The van der Waals surface area contributed by atoms with Crippen molar-refractivity contribution in [2.24, 2.45) is 5.10 Å². The van der Waals surface area contributed by atoms with E-state index < -0.39 is 5.91 Å². The lowest BCUT2D eigenvalue weighted by Gasteiger charge is -1.99. The summed E-state index contributed by atoms with van der Waals surface area (Å²) in [5.41, 5.74) is 4.55. The maximum Gasteiger partial charge on any atom is 0.271 e. The predicted molar refractivity (Wildman–Crippen MR) is 97.9 cm³/mol. The van der Waals surface area contributed by atoms with Crippen LogP contribution in [0, 0.1) is 0 Å². The van der Waals surface area contributed by atoms with E-state index in [0.29, 0.717) is 9.90 Å². The van der Waals surface area contributed by atoms with Crippen molar-refractivity contribution in [2.45, 2.75) is 0 Å². The highest BCUT2D eigenvalue weighted by molar-refractivity contribution is 7.19. The second kappa shape index (κ2) is 7.29. The van der Waals surface area contributed by atoms with E-state index in [-0.39, 0.29) is 5.75 Å². The third kappa shape index (κ3) is 3.82. The number of hydrogen-bond donors (Lipinski definition) is 2. The fourth-order valence-electron chi connectivity index (χ4n) is 2.09. The molecule has 0 unspecified atom stereocenters. The monoisotopic (exact) mass is 356 g/mol. The van der Waals surface area contributed by atoms with Crippen molar-refractivity contribution in [1.29, 1.82) is 0 Å². The van der Waals surface area contributed by atoms with Crippen LogP contribution in [0.2, 0.25) is 4.34 Å². The van der Waals surface area contributed by atoms with Crippen molar-refractivity contribution in [3.8, 4) is 16.2 Å². The minimum Gasteiger partial charge on any atom is -0.508 e. The average molecular weight is 357 g/mol. The maximum absolute atomic E-state index is 11.9. The lowest BCUT2D eigenvalue weighted by molar-refractivity contribution is 0.0954. The number of phenolic OH excluding ortho intramolecular Hbond substituents is 1. The van der Waals surface area contributed by atoms with Crippen LogP contribution in [0.5, 0.6) is 5.75 Å². The molecule has 0 atom stereocenters. The number of amides is 1. The number of halogens is 1. The van der Waals surface area contributed by atoms with E-state index >= 15 is 0 Å². The van der Waals surface area contributed by atoms with Gasteiger partial charge in [0.05, 0.1) is 6.21 Å². The van der Waals surface area contributed by atoms with Gasteiger partial charge >= 0.3 is 0 Å². The van der Waals surface area contributed by atoms with Crippen molar-refractivity contribution in [1.82, 2.24) is 5.43 Å². The smallest absolute Gasteiger partial charge is 0.271 e. The molecule has 1 heterocycles. The van der Waals surface area contributed by atoms with Gasteiger partial charge in [-0.2, -0.15) is 5.10 Å². The fraction of sp³-hybridized carbons (Fsp3) is 0. The molecular formula is C18H13ClN2O2S. The number of benzene rings is 2. The predicted octanol–water partition coefficient (Wildman–Crippen LogP) is 4.54. The van der Waals surface area contributed by atoms with Gasteiger partial charge in [-0.3, -0.25) is 4.79 Å². The van der Waals surface area contributed by atoms with Crippen LogP contribution in [-0.2, 0) is 0 Å². The summed E-state index contributed by atoms with van der Waals surface area (Å²) >= 11 is 7.68. The topological polar surface area (TPSA) is 61.7 Å². The summed E-state index contributed by atoms with van der Waals surface area (Å²) in [6.07, 6.45) is 1.51. The third-order valence-electron chi connectivity index (χ3n) is 3.25. The van der Waals surface area contributed by atoms with Crippen LogP contribution in [0.1, 0.15) is 15.9 Å². The molecule has 0 saturated carbocycles. The molecule has 0 aliphatic heterocycles. The Morgan fingerprint density at radius 2 is 1.92 bits per heavy atom. The number of rotatable bonds is 4. The Morgan fingerprint density at radius 1 is 1.12 bits per heavy atom. The zero-order valence-electron chi connectivity index (χ0n) is 12.4. The molecule has 3 rings (SSSR count). The van der Waals surface area contributed by atoms with Gasteiger partial charge in [-0.25, -0.2) is 5.43 Å². The minimum absolute atomic E-state index is 0.0278. The minimum atomic E-state index is -0.406. The number of aromatic hydroxyl groups is 1. The van der Waals surface area contributed by atoms with E-state index in [0.717, 1.165) is 16.0 Å². The molecule has 0 saturated heterocycles. The molecule has 6 heteroatoms. The lowest BCUT2D eigenvalue weighted by Crippen LogP contribution is -2.17. The number of carbonyl (C=O) groups is 1. The van der Waals surface area contributed by atoms with Crippen LogP contribution in [-0.4, -0.2) is 17.2 Å². The van der Waals surface area contributed by atoms with Crippen LogP contribution >= 0.6 is 22.9 Å². The zero-order valence-corrected chi connectivity index (χ0v) is 14.0. The van der Waals surface area contributed by atoms with Crippen LogP contribution in [0.4, 0.5) is 0 Å². The maximum atomic E-state index is 11.9. The summed E-state index contributed by atoms with van der Waals surface area (Å²) in [5.74, 6) is -0.378. The summed E-state index contributed by atoms with van der Waals surface area (Å²) in [4.78, 5) is 13.0. The SMILES string of the molecule is O=C(NN=Cc1cc(-c2ccccc2)sc1Cl)c1cccc(O)c1. The first-order valence-electron chi connectivity index (χ1n) is 7.10. The van der Waals surface area contributed by atoms with Gasteiger partial charge in [0, 0.05) is 16.0 Å². The fourth-order valence-corrected chi connectivity index (χ4v) is 3.30. The molecule has 0 fully saturated rings. The molecule has 3 aromatic rings. The van der Waals surface area contributed by atoms with Crippen molar-refractivity contribution in [2.75, 3.05) is 0 Å². The number of phenols is 1. The number of carbonyl (C=O) groups excluding carboxylic acids is 1. The van der Waals surface area contributed by atoms with Crippen molar-refractivity contribution < 1.29 is 9.90 Å². The largest absolute Gasteiger partial charge is 0.508 e. The van der Waals surface area contributed by atoms with Crippen LogP contribution < -0.4 is 5.43 Å². The highest BCUT2D eigenvalue weighted by Crippen LogP contribution is 2.33. The average Bonchev–Trinajstić information content (AvgIpc) is 2.96. The van der Waals surface area contributed by atoms with Crippen molar-refractivity contribution in [3.63, 3.8) is 0 Å². The second-order valence-electron chi connectivity index (χ2n) is 4.96. The third-order valence-corrected chi connectivity index (χ3v) is 4.69. The number of hydrazone groups is 1. The highest BCUT2D eigenvalue weighted by Gasteiger charge is 2.08. The van der Waals surface area contributed by atoms with Gasteiger partial charge in [0.15, 0.2) is 0 Å². The van der Waals surface area contributed by atoms with E-state index in [4.69, 9.17) is 11.6 Å². The lowest BCUT2D eigenvalue weighted by atomic mass is 10.2. The van der Waals surface area contributed by atoms with Gasteiger partial charge in [0.2, 0.25) is 0 Å². The number of hydrogen-bond acceptors (Lipinski definition) is 4. The van der Waals surface area contributed by atoms with Gasteiger partial charge in [-0.15, -0.1) is 11.3 Å². The van der Waals surface area contributed by atoms with Gasteiger partial charge < -0.3 is 5.11 Å². The molecule has 0 aliphatic rings. The first-order valence-corrected chi connectivity index (χ1v) is 8.30. The molecule has 0 spiro atoms. The Balaban J connectivity index is 1.71. The summed E-state index contributed by atoms with van der Waals surface area (Å²) in [5, 5.41) is 13.3. The number of nitrogens with one attached hydrogen (secondary N) is 1. The van der Waals surface area contributed by atoms with Crippen molar-refractivity contribution >= 4 is 35.1 Å². The molecule has 1 amide bonds. The molecule has 2 N–H and O–H groups in total. The molecule has 1 aromatic heterocycles. The number of nitrogens with zero attached hydrogens (tertiary/aromatic N) is 1. The van der Waals surface area contributed by atoms with Crippen molar-refractivity contribution in [3.05, 3.63) is 76.1 Å². The molecule has 0 bridgehead atoms. The van der Waals surface area contributed by atoms with E-state index in [9.17, 15) is 9.90 Å². The Kier molecular flexibility index (Phi) is 4.93. The molecule has 0 aliphatic carbocycles. The molecule has 0 radical (unpaired) electrons. The van der Waals surface area contributed by atoms with Gasteiger partial charge in [0.1, 0.15) is 10.1 Å². The van der Waals surface area contributed by atoms with Crippen LogP contribution in [0.3, 0.4) is 0 Å². The summed E-state index contributed by atoms with van der Waals surface area (Å²) < 4.78 is 0.601. The molecular weight excluding hydrogens is 344 g/mol. The number of thiophene rings is 1. The van der Waals surface area contributed by atoms with E-state index in [1.807, 2.05) is 36.4 Å². The van der Waals surface area contributed by atoms with E-state index in [1.54, 1.807) is 12.1 Å². The molecule has 24 heavy (non-hydrogen) atoms. The Bertz CT molecular complexity index is 891. The first kappa shape index (κ1) is 16.2. The molecule has 120 valence electrons.